The summed E-state index contributed by atoms with van der Waals surface area (Å²) < 4.78 is 4.89. The summed E-state index contributed by atoms with van der Waals surface area (Å²) in [5, 5.41) is 9.56. The first-order valence-electron chi connectivity index (χ1n) is 3.58. The second-order valence-corrected chi connectivity index (χ2v) is 2.06. The molecule has 0 aliphatic heterocycles. The van der Waals surface area contributed by atoms with Gasteiger partial charge in [-0.25, -0.2) is 0 Å². The van der Waals surface area contributed by atoms with Gasteiger partial charge >= 0.3 is 11.8 Å². The Morgan fingerprint density at radius 3 is 2.92 bits per heavy atom. The molecule has 0 aliphatic carbocycles. The summed E-state index contributed by atoms with van der Waals surface area (Å²) in [5.74, 6) is -0.154. The lowest BCUT2D eigenvalue weighted by Crippen LogP contribution is -2.22. The van der Waals surface area contributed by atoms with Crippen LogP contribution in [0.2, 0.25) is 0 Å². The van der Waals surface area contributed by atoms with Crippen LogP contribution in [-0.2, 0) is 6.54 Å². The monoisotopic (exact) mass is 170 g/mol. The Bertz CT molecular complexity index is 270. The molecule has 0 aliphatic rings. The zero-order valence-corrected chi connectivity index (χ0v) is 6.70. The van der Waals surface area contributed by atoms with Crippen LogP contribution in [0.1, 0.15) is 23.5 Å². The van der Waals surface area contributed by atoms with Gasteiger partial charge in [-0.1, -0.05) is 0 Å². The standard InChI is InChI=1S/C6H10N4O2/c1-2-8-5(11)6-10-9-4(3-7)12-6/h2-3,7H2,1H3,(H,8,11). The van der Waals surface area contributed by atoms with Crippen LogP contribution >= 0.6 is 0 Å². The number of nitrogens with zero attached hydrogens (tertiary/aromatic N) is 2. The minimum Gasteiger partial charge on any atom is -0.416 e. The van der Waals surface area contributed by atoms with Crippen molar-refractivity contribution in [1.82, 2.24) is 15.5 Å². The van der Waals surface area contributed by atoms with Crippen molar-refractivity contribution < 1.29 is 9.21 Å². The topological polar surface area (TPSA) is 94.0 Å². The average molecular weight is 170 g/mol. The second-order valence-electron chi connectivity index (χ2n) is 2.06. The highest BCUT2D eigenvalue weighted by Crippen LogP contribution is 1.97. The van der Waals surface area contributed by atoms with E-state index < -0.39 is 0 Å². The molecule has 0 atom stereocenters. The molecule has 0 spiro atoms. The number of nitrogens with two attached hydrogens (primary N) is 1. The lowest BCUT2D eigenvalue weighted by atomic mass is 10.6. The van der Waals surface area contributed by atoms with Crippen molar-refractivity contribution in [2.75, 3.05) is 6.54 Å². The van der Waals surface area contributed by atoms with Crippen LogP contribution < -0.4 is 11.1 Å². The van der Waals surface area contributed by atoms with E-state index in [4.69, 9.17) is 10.2 Å². The molecule has 1 heterocycles. The zero-order chi connectivity index (χ0) is 8.97. The van der Waals surface area contributed by atoms with Gasteiger partial charge in [-0.2, -0.15) is 0 Å². The molecule has 12 heavy (non-hydrogen) atoms. The molecule has 3 N–H and O–H groups in total. The number of hydrogen-bond acceptors (Lipinski definition) is 5. The molecule has 0 aromatic carbocycles. The van der Waals surface area contributed by atoms with Crippen LogP contribution in [0.5, 0.6) is 0 Å². The lowest BCUT2D eigenvalue weighted by Gasteiger charge is -1.93. The summed E-state index contributed by atoms with van der Waals surface area (Å²) in [7, 11) is 0. The molecule has 1 rings (SSSR count). The third-order valence-electron chi connectivity index (χ3n) is 1.17. The summed E-state index contributed by atoms with van der Waals surface area (Å²) in [5.41, 5.74) is 5.21. The van der Waals surface area contributed by atoms with Crippen molar-refractivity contribution in [3.8, 4) is 0 Å². The lowest BCUT2D eigenvalue weighted by molar-refractivity contribution is 0.0919. The fraction of sp³-hybridized carbons (Fsp3) is 0.500. The van der Waals surface area contributed by atoms with Crippen molar-refractivity contribution >= 4 is 5.91 Å². The number of nitrogens with one attached hydrogen (secondary N) is 1. The molecular formula is C6H10N4O2. The molecule has 1 amide bonds. The molecule has 6 heteroatoms. The Morgan fingerprint density at radius 1 is 1.67 bits per heavy atom. The van der Waals surface area contributed by atoms with Crippen LogP contribution in [0.3, 0.4) is 0 Å². The van der Waals surface area contributed by atoms with Gasteiger partial charge in [0.15, 0.2) is 0 Å². The van der Waals surface area contributed by atoms with E-state index in [1.807, 2.05) is 0 Å². The number of aromatic nitrogens is 2. The van der Waals surface area contributed by atoms with Gasteiger partial charge in [0.2, 0.25) is 5.89 Å². The van der Waals surface area contributed by atoms with Crippen molar-refractivity contribution in [3.05, 3.63) is 11.8 Å². The Balaban J connectivity index is 2.68. The highest BCUT2D eigenvalue weighted by atomic mass is 16.4. The molecule has 0 fully saturated rings. The van der Waals surface area contributed by atoms with E-state index in [0.717, 1.165) is 0 Å². The Morgan fingerprint density at radius 2 is 2.42 bits per heavy atom. The van der Waals surface area contributed by atoms with E-state index in [-0.39, 0.29) is 24.2 Å². The maximum atomic E-state index is 11.0. The van der Waals surface area contributed by atoms with E-state index in [9.17, 15) is 4.79 Å². The van der Waals surface area contributed by atoms with Crippen molar-refractivity contribution in [2.45, 2.75) is 13.5 Å². The van der Waals surface area contributed by atoms with Gasteiger partial charge in [0, 0.05) is 6.54 Å². The molecule has 0 saturated carbocycles. The third-order valence-corrected chi connectivity index (χ3v) is 1.17. The largest absolute Gasteiger partial charge is 0.416 e. The van der Waals surface area contributed by atoms with Crippen LogP contribution in [0.25, 0.3) is 0 Å². The van der Waals surface area contributed by atoms with Crippen LogP contribution in [0, 0.1) is 0 Å². The van der Waals surface area contributed by atoms with Gasteiger partial charge in [-0.15, -0.1) is 10.2 Å². The van der Waals surface area contributed by atoms with Gasteiger partial charge < -0.3 is 15.5 Å². The molecule has 0 saturated heterocycles. The summed E-state index contributed by atoms with van der Waals surface area (Å²) in [6.45, 7) is 2.48. The number of amides is 1. The molecule has 0 radical (unpaired) electrons. The predicted octanol–water partition coefficient (Wildman–Crippen LogP) is -0.722. The van der Waals surface area contributed by atoms with Gasteiger partial charge in [-0.3, -0.25) is 4.79 Å². The number of carbonyl (C=O) groups is 1. The smallest absolute Gasteiger partial charge is 0.308 e. The number of carbonyl (C=O) groups excluding carboxylic acids is 1. The predicted molar refractivity (Wildman–Crippen MR) is 40.2 cm³/mol. The zero-order valence-electron chi connectivity index (χ0n) is 6.70. The molecule has 66 valence electrons. The number of rotatable bonds is 3. The summed E-state index contributed by atoms with van der Waals surface area (Å²) in [6.07, 6.45) is 0. The molecule has 6 nitrogen and oxygen atoms in total. The van der Waals surface area contributed by atoms with E-state index in [1.165, 1.54) is 0 Å². The fourth-order valence-electron chi connectivity index (χ4n) is 0.664. The van der Waals surface area contributed by atoms with Gasteiger partial charge in [0.05, 0.1) is 6.54 Å². The summed E-state index contributed by atoms with van der Waals surface area (Å²) in [6, 6.07) is 0. The molecule has 0 bridgehead atoms. The molecule has 1 aromatic rings. The fourth-order valence-corrected chi connectivity index (χ4v) is 0.664. The third kappa shape index (κ3) is 1.79. The van der Waals surface area contributed by atoms with Crippen molar-refractivity contribution in [3.63, 3.8) is 0 Å². The van der Waals surface area contributed by atoms with Gasteiger partial charge in [-0.05, 0) is 6.92 Å². The van der Waals surface area contributed by atoms with Crippen LogP contribution in [0.15, 0.2) is 4.42 Å². The molecular weight excluding hydrogens is 160 g/mol. The van der Waals surface area contributed by atoms with E-state index in [1.54, 1.807) is 6.92 Å². The maximum absolute atomic E-state index is 11.0. The first-order valence-corrected chi connectivity index (χ1v) is 3.58. The van der Waals surface area contributed by atoms with Crippen molar-refractivity contribution in [2.24, 2.45) is 5.73 Å². The van der Waals surface area contributed by atoms with Crippen molar-refractivity contribution in [1.29, 1.82) is 0 Å². The first kappa shape index (κ1) is 8.66. The Kier molecular flexibility index (Phi) is 2.76. The normalized spacial score (nSPS) is 9.83. The summed E-state index contributed by atoms with van der Waals surface area (Å²) in [4.78, 5) is 11.0. The van der Waals surface area contributed by atoms with Gasteiger partial charge in [0.25, 0.3) is 0 Å². The maximum Gasteiger partial charge on any atom is 0.308 e. The van der Waals surface area contributed by atoms with Crippen LogP contribution in [0.4, 0.5) is 0 Å². The van der Waals surface area contributed by atoms with E-state index in [0.29, 0.717) is 6.54 Å². The minimum absolute atomic E-state index is 0.0442. The SMILES string of the molecule is CCNC(=O)c1nnc(CN)o1. The summed E-state index contributed by atoms with van der Waals surface area (Å²) >= 11 is 0. The highest BCUT2D eigenvalue weighted by Gasteiger charge is 2.12. The average Bonchev–Trinajstić information content (AvgIpc) is 2.52. The minimum atomic E-state index is -0.371. The Hall–Kier alpha value is -1.43. The molecule has 1 aromatic heterocycles. The van der Waals surface area contributed by atoms with E-state index >= 15 is 0 Å². The Labute approximate surface area is 69.1 Å². The van der Waals surface area contributed by atoms with E-state index in [2.05, 4.69) is 15.5 Å². The van der Waals surface area contributed by atoms with Gasteiger partial charge in [0.1, 0.15) is 0 Å². The second kappa shape index (κ2) is 3.82. The highest BCUT2D eigenvalue weighted by molar-refractivity contribution is 5.89. The quantitative estimate of drug-likeness (QED) is 0.624. The first-order chi connectivity index (χ1) is 5.77. The molecule has 0 unspecified atom stereocenters. The number of hydrogen-bond donors (Lipinski definition) is 2. The van der Waals surface area contributed by atoms with Crippen LogP contribution in [-0.4, -0.2) is 22.6 Å².